The van der Waals surface area contributed by atoms with E-state index in [9.17, 15) is 4.79 Å². The number of piperidine rings is 1. The lowest BCUT2D eigenvalue weighted by atomic mass is 9.82. The molecule has 0 bridgehead atoms. The molecule has 8 heteroatoms. The van der Waals surface area contributed by atoms with Crippen molar-refractivity contribution in [1.82, 2.24) is 24.1 Å². The van der Waals surface area contributed by atoms with E-state index in [4.69, 9.17) is 14.5 Å². The van der Waals surface area contributed by atoms with Crippen molar-refractivity contribution in [3.05, 3.63) is 71.3 Å². The molecule has 2 aromatic heterocycles. The van der Waals surface area contributed by atoms with Crippen LogP contribution in [0.25, 0.3) is 5.65 Å². The molecule has 0 unspecified atom stereocenters. The van der Waals surface area contributed by atoms with Crippen LogP contribution in [0.4, 0.5) is 4.79 Å². The second kappa shape index (κ2) is 9.10. The molecule has 194 valence electrons. The summed E-state index contributed by atoms with van der Waals surface area (Å²) in [6, 6.07) is 10.2. The molecular formula is C29H35N5O3. The van der Waals surface area contributed by atoms with Crippen molar-refractivity contribution in [2.24, 2.45) is 0 Å². The zero-order valence-electron chi connectivity index (χ0n) is 22.1. The van der Waals surface area contributed by atoms with Crippen molar-refractivity contribution in [3.63, 3.8) is 0 Å². The number of benzene rings is 1. The minimum atomic E-state index is -0.283. The topological polar surface area (TPSA) is 62.6 Å². The minimum absolute atomic E-state index is 0.101. The van der Waals surface area contributed by atoms with Crippen molar-refractivity contribution < 1.29 is 14.3 Å². The quantitative estimate of drug-likeness (QED) is 0.510. The first-order valence-electron chi connectivity index (χ1n) is 13.2. The molecule has 3 aliphatic heterocycles. The summed E-state index contributed by atoms with van der Waals surface area (Å²) >= 11 is 0. The summed E-state index contributed by atoms with van der Waals surface area (Å²) in [5.41, 5.74) is 5.15. The number of nitrogens with zero attached hydrogens (tertiary/aromatic N) is 5. The Balaban J connectivity index is 1.29. The van der Waals surface area contributed by atoms with Crippen molar-refractivity contribution in [1.29, 1.82) is 0 Å². The number of carbonyl (C=O) groups is 1. The monoisotopic (exact) mass is 501 g/mol. The van der Waals surface area contributed by atoms with E-state index in [0.717, 1.165) is 72.1 Å². The Morgan fingerprint density at radius 2 is 1.95 bits per heavy atom. The molecule has 2 amide bonds. The number of hydrogen-bond acceptors (Lipinski definition) is 5. The van der Waals surface area contributed by atoms with E-state index in [1.165, 1.54) is 0 Å². The van der Waals surface area contributed by atoms with E-state index in [1.807, 2.05) is 35.4 Å². The molecule has 8 nitrogen and oxygen atoms in total. The van der Waals surface area contributed by atoms with Crippen LogP contribution in [0.2, 0.25) is 0 Å². The standard InChI is InChI=1S/C29H35N5O3/c1-5-34-28(35)33-17-21-15-23(36-3)16-24(37-4)27(21)20(2)14-25(33)29(34)9-12-31(13-10-29)18-22-19-32-11-7-6-8-26(32)30-22/h6-8,11,14-16,19-20H,5,9-10,12-13,17-18H2,1-4H3/t20-/m0/s1. The third-order valence-corrected chi connectivity index (χ3v) is 8.39. The zero-order chi connectivity index (χ0) is 25.7. The Morgan fingerprint density at radius 1 is 1.14 bits per heavy atom. The van der Waals surface area contributed by atoms with Crippen LogP contribution < -0.4 is 9.47 Å². The van der Waals surface area contributed by atoms with Gasteiger partial charge in [-0.2, -0.15) is 0 Å². The zero-order valence-corrected chi connectivity index (χ0v) is 22.1. The predicted octanol–water partition coefficient (Wildman–Crippen LogP) is 4.64. The molecule has 0 saturated carbocycles. The molecular weight excluding hydrogens is 466 g/mol. The van der Waals surface area contributed by atoms with Crippen LogP contribution in [0.15, 0.2) is 54.5 Å². The Morgan fingerprint density at radius 3 is 2.65 bits per heavy atom. The van der Waals surface area contributed by atoms with Gasteiger partial charge in [-0.1, -0.05) is 19.1 Å². The van der Waals surface area contributed by atoms with Crippen molar-refractivity contribution in [3.8, 4) is 11.5 Å². The van der Waals surface area contributed by atoms with Crippen molar-refractivity contribution in [2.75, 3.05) is 33.9 Å². The highest BCUT2D eigenvalue weighted by Gasteiger charge is 2.54. The Labute approximate surface area is 218 Å². The van der Waals surface area contributed by atoms with E-state index >= 15 is 0 Å². The number of rotatable bonds is 5. The molecule has 37 heavy (non-hydrogen) atoms. The fourth-order valence-electron chi connectivity index (χ4n) is 6.64. The Hall–Kier alpha value is -3.52. The molecule has 2 fully saturated rings. The van der Waals surface area contributed by atoms with Crippen LogP contribution in [-0.2, 0) is 13.1 Å². The maximum atomic E-state index is 13.8. The summed E-state index contributed by atoms with van der Waals surface area (Å²) in [6.45, 7) is 8.18. The molecule has 5 heterocycles. The van der Waals surface area contributed by atoms with Gasteiger partial charge in [-0.15, -0.1) is 0 Å². The molecule has 3 aliphatic rings. The number of carbonyl (C=O) groups excluding carboxylic acids is 1. The number of fused-ring (bicyclic) bond motifs is 4. The van der Waals surface area contributed by atoms with Gasteiger partial charge in [0.05, 0.1) is 32.0 Å². The maximum absolute atomic E-state index is 13.8. The van der Waals surface area contributed by atoms with Crippen LogP contribution in [0.1, 0.15) is 49.4 Å². The van der Waals surface area contributed by atoms with Crippen LogP contribution in [-0.4, -0.2) is 69.5 Å². The van der Waals surface area contributed by atoms with Crippen LogP contribution in [0, 0.1) is 0 Å². The normalized spacial score (nSPS) is 21.1. The highest BCUT2D eigenvalue weighted by atomic mass is 16.5. The smallest absolute Gasteiger partial charge is 0.325 e. The van der Waals surface area contributed by atoms with E-state index in [1.54, 1.807) is 14.2 Å². The number of methoxy groups -OCH3 is 2. The molecule has 0 radical (unpaired) electrons. The summed E-state index contributed by atoms with van der Waals surface area (Å²) in [5.74, 6) is 1.68. The minimum Gasteiger partial charge on any atom is -0.497 e. The number of ether oxygens (including phenoxy) is 2. The first kappa shape index (κ1) is 23.9. The molecule has 2 saturated heterocycles. The van der Waals surface area contributed by atoms with Crippen LogP contribution in [0.5, 0.6) is 11.5 Å². The van der Waals surface area contributed by atoms with Crippen LogP contribution in [0.3, 0.4) is 0 Å². The third kappa shape index (κ3) is 3.77. The van der Waals surface area contributed by atoms with E-state index in [0.29, 0.717) is 13.1 Å². The fourth-order valence-corrected chi connectivity index (χ4v) is 6.64. The van der Waals surface area contributed by atoms with Gasteiger partial charge < -0.3 is 18.8 Å². The highest BCUT2D eigenvalue weighted by molar-refractivity contribution is 5.83. The average molecular weight is 502 g/mol. The van der Waals surface area contributed by atoms with Gasteiger partial charge in [-0.25, -0.2) is 9.78 Å². The van der Waals surface area contributed by atoms with Gasteiger partial charge in [0.25, 0.3) is 0 Å². The predicted molar refractivity (Wildman–Crippen MR) is 142 cm³/mol. The molecule has 1 aromatic carbocycles. The Kier molecular flexibility index (Phi) is 5.87. The van der Waals surface area contributed by atoms with Gasteiger partial charge in [-0.05, 0) is 43.5 Å². The van der Waals surface area contributed by atoms with Crippen molar-refractivity contribution in [2.45, 2.75) is 51.2 Å². The van der Waals surface area contributed by atoms with Gasteiger partial charge >= 0.3 is 6.03 Å². The average Bonchev–Trinajstić information content (AvgIpc) is 3.35. The van der Waals surface area contributed by atoms with E-state index in [2.05, 4.69) is 46.4 Å². The van der Waals surface area contributed by atoms with Gasteiger partial charge in [0.15, 0.2) is 0 Å². The van der Waals surface area contributed by atoms with E-state index in [-0.39, 0.29) is 17.5 Å². The number of allylic oxidation sites excluding steroid dienone is 1. The Bertz CT molecular complexity index is 1340. The number of urea groups is 1. The number of imidazole rings is 1. The van der Waals surface area contributed by atoms with Gasteiger partial charge in [0.1, 0.15) is 17.1 Å². The van der Waals surface area contributed by atoms with Gasteiger partial charge in [0, 0.05) is 61.8 Å². The summed E-state index contributed by atoms with van der Waals surface area (Å²) in [7, 11) is 3.37. The number of likely N-dealkylation sites (tertiary alicyclic amines) is 1. The first-order chi connectivity index (χ1) is 18.0. The van der Waals surface area contributed by atoms with E-state index < -0.39 is 0 Å². The number of aromatic nitrogens is 2. The summed E-state index contributed by atoms with van der Waals surface area (Å²) in [4.78, 5) is 25.2. The SMILES string of the molecule is CCN1C(=O)N2Cc3cc(OC)cc(OC)c3[C@@H](C)C=C2C12CCN(Cc1cn3ccccc3n1)CC2. The fraction of sp³-hybridized carbons (Fsp3) is 0.448. The molecule has 1 atom stereocenters. The molecule has 6 rings (SSSR count). The molecule has 0 aliphatic carbocycles. The summed E-state index contributed by atoms with van der Waals surface area (Å²) in [6.07, 6.45) is 8.29. The first-order valence-corrected chi connectivity index (χ1v) is 13.2. The number of likely N-dealkylation sites (N-methyl/N-ethyl adjacent to an activating group) is 1. The third-order valence-electron chi connectivity index (χ3n) is 8.39. The largest absolute Gasteiger partial charge is 0.497 e. The van der Waals surface area contributed by atoms with Crippen molar-refractivity contribution >= 4 is 11.7 Å². The molecule has 3 aromatic rings. The lowest BCUT2D eigenvalue weighted by Crippen LogP contribution is -2.53. The summed E-state index contributed by atoms with van der Waals surface area (Å²) in [5, 5.41) is 0. The molecule has 1 spiro atoms. The molecule has 0 N–H and O–H groups in total. The number of hydrogen-bond donors (Lipinski definition) is 0. The number of amides is 2. The van der Waals surface area contributed by atoms with Gasteiger partial charge in [0.2, 0.25) is 0 Å². The highest BCUT2D eigenvalue weighted by Crippen LogP contribution is 2.49. The maximum Gasteiger partial charge on any atom is 0.325 e. The number of pyridine rings is 1. The second-order valence-corrected chi connectivity index (χ2v) is 10.4. The second-order valence-electron chi connectivity index (χ2n) is 10.4. The summed E-state index contributed by atoms with van der Waals surface area (Å²) < 4.78 is 13.4. The van der Waals surface area contributed by atoms with Crippen LogP contribution >= 0.6 is 0 Å². The lowest BCUT2D eigenvalue weighted by Gasteiger charge is -2.44. The lowest BCUT2D eigenvalue weighted by molar-refractivity contribution is 0.0882. The van der Waals surface area contributed by atoms with Gasteiger partial charge in [-0.3, -0.25) is 9.80 Å².